The molecule has 0 aromatic carbocycles. The highest BCUT2D eigenvalue weighted by Crippen LogP contribution is 2.36. The van der Waals surface area contributed by atoms with E-state index in [1.807, 2.05) is 13.8 Å². The zero-order valence-electron chi connectivity index (χ0n) is 14.1. The number of unbranched alkanes of at least 4 members (excludes halogenated alkanes) is 5. The van der Waals surface area contributed by atoms with Crippen LogP contribution in [0.15, 0.2) is 0 Å². The molecule has 0 saturated carbocycles. The van der Waals surface area contributed by atoms with Crippen LogP contribution in [-0.2, 0) is 9.47 Å². The van der Waals surface area contributed by atoms with Crippen molar-refractivity contribution < 1.29 is 13.9 Å². The van der Waals surface area contributed by atoms with Crippen LogP contribution in [0.1, 0.15) is 78.6 Å². The van der Waals surface area contributed by atoms with E-state index in [-0.39, 0.29) is 12.6 Å². The van der Waals surface area contributed by atoms with Crippen molar-refractivity contribution in [3.8, 4) is 0 Å². The lowest BCUT2D eigenvalue weighted by molar-refractivity contribution is -0.206. The average molecular weight is 325 g/mol. The molecule has 0 bridgehead atoms. The summed E-state index contributed by atoms with van der Waals surface area (Å²) in [6, 6.07) is 0. The van der Waals surface area contributed by atoms with E-state index in [9.17, 15) is 4.39 Å². The summed E-state index contributed by atoms with van der Waals surface area (Å²) in [7, 11) is 0. The van der Waals surface area contributed by atoms with Gasteiger partial charge in [0.2, 0.25) is 0 Å². The summed E-state index contributed by atoms with van der Waals surface area (Å²) in [6.45, 7) is 6.75. The smallest absolute Gasteiger partial charge is 0.251 e. The fourth-order valence-electron chi connectivity index (χ4n) is 2.65. The Labute approximate surface area is 135 Å². The number of rotatable bonds is 15. The van der Waals surface area contributed by atoms with Gasteiger partial charge in [0.1, 0.15) is 0 Å². The summed E-state index contributed by atoms with van der Waals surface area (Å²) < 4.78 is 23.8. The Morgan fingerprint density at radius 2 is 1.38 bits per heavy atom. The number of halogens is 2. The molecule has 0 aromatic heterocycles. The summed E-state index contributed by atoms with van der Waals surface area (Å²) in [5, 5.41) is -1.08. The van der Waals surface area contributed by atoms with E-state index in [2.05, 4.69) is 6.92 Å². The fraction of sp³-hybridized carbons (Fsp3) is 1.00. The standard InChI is InChI=1S/C17H34ClFO2/c1-4-7-8-9-10-11-13-16(14-12-15-19)17(18,20-5-2)21-6-3/h16H,4-15H2,1-3H3. The molecule has 0 amide bonds. The highest BCUT2D eigenvalue weighted by atomic mass is 35.5. The first-order valence-electron chi connectivity index (χ1n) is 8.67. The van der Waals surface area contributed by atoms with E-state index in [0.29, 0.717) is 19.6 Å². The first-order valence-corrected chi connectivity index (χ1v) is 9.05. The van der Waals surface area contributed by atoms with Crippen molar-refractivity contribution in [1.82, 2.24) is 0 Å². The monoisotopic (exact) mass is 324 g/mol. The average Bonchev–Trinajstić information content (AvgIpc) is 2.46. The quantitative estimate of drug-likeness (QED) is 0.207. The lowest BCUT2D eigenvalue weighted by Crippen LogP contribution is -2.38. The fourth-order valence-corrected chi connectivity index (χ4v) is 3.09. The zero-order valence-corrected chi connectivity index (χ0v) is 14.9. The highest BCUT2D eigenvalue weighted by Gasteiger charge is 2.37. The molecule has 0 N–H and O–H groups in total. The van der Waals surface area contributed by atoms with Crippen LogP contribution in [0.4, 0.5) is 4.39 Å². The van der Waals surface area contributed by atoms with Gasteiger partial charge in [-0.3, -0.25) is 4.39 Å². The van der Waals surface area contributed by atoms with Crippen LogP contribution < -0.4 is 0 Å². The van der Waals surface area contributed by atoms with Crippen LogP contribution >= 0.6 is 11.6 Å². The molecular formula is C17H34ClFO2. The molecule has 128 valence electrons. The Balaban J connectivity index is 4.32. The van der Waals surface area contributed by atoms with E-state index in [0.717, 1.165) is 19.3 Å². The third kappa shape index (κ3) is 9.70. The first kappa shape index (κ1) is 21.1. The zero-order chi connectivity index (χ0) is 16.0. The van der Waals surface area contributed by atoms with E-state index >= 15 is 0 Å². The molecule has 0 heterocycles. The molecule has 1 unspecified atom stereocenters. The van der Waals surface area contributed by atoms with Crippen molar-refractivity contribution in [2.45, 2.75) is 83.8 Å². The summed E-state index contributed by atoms with van der Waals surface area (Å²) in [5.74, 6) is 0.0565. The Kier molecular flexibility index (Phi) is 13.9. The molecule has 0 fully saturated rings. The van der Waals surface area contributed by atoms with Crippen LogP contribution in [-0.4, -0.2) is 25.1 Å². The van der Waals surface area contributed by atoms with Gasteiger partial charge in [0.15, 0.2) is 0 Å². The van der Waals surface area contributed by atoms with Gasteiger partial charge in [0, 0.05) is 19.1 Å². The van der Waals surface area contributed by atoms with Crippen molar-refractivity contribution in [3.63, 3.8) is 0 Å². The van der Waals surface area contributed by atoms with Gasteiger partial charge in [0.05, 0.1) is 6.67 Å². The van der Waals surface area contributed by atoms with Crippen LogP contribution in [0.5, 0.6) is 0 Å². The van der Waals surface area contributed by atoms with Crippen LogP contribution in [0, 0.1) is 5.92 Å². The molecule has 0 saturated heterocycles. The van der Waals surface area contributed by atoms with E-state index < -0.39 is 5.25 Å². The van der Waals surface area contributed by atoms with E-state index in [4.69, 9.17) is 21.1 Å². The molecular weight excluding hydrogens is 291 g/mol. The van der Waals surface area contributed by atoms with Gasteiger partial charge in [-0.05, 0) is 33.1 Å². The highest BCUT2D eigenvalue weighted by molar-refractivity contribution is 6.22. The van der Waals surface area contributed by atoms with Gasteiger partial charge in [-0.15, -0.1) is 0 Å². The van der Waals surface area contributed by atoms with Gasteiger partial charge in [0.25, 0.3) is 5.25 Å². The minimum absolute atomic E-state index is 0.0565. The topological polar surface area (TPSA) is 18.5 Å². The second-order valence-electron chi connectivity index (χ2n) is 5.53. The minimum atomic E-state index is -1.08. The maximum Gasteiger partial charge on any atom is 0.251 e. The van der Waals surface area contributed by atoms with Crippen LogP contribution in [0.3, 0.4) is 0 Å². The lowest BCUT2D eigenvalue weighted by Gasteiger charge is -2.34. The van der Waals surface area contributed by atoms with Crippen LogP contribution in [0.25, 0.3) is 0 Å². The van der Waals surface area contributed by atoms with E-state index in [1.165, 1.54) is 32.1 Å². The Hall–Kier alpha value is 0.140. The number of hydrogen-bond donors (Lipinski definition) is 0. The first-order chi connectivity index (χ1) is 10.1. The molecule has 0 aliphatic rings. The molecule has 0 aliphatic carbocycles. The van der Waals surface area contributed by atoms with Gasteiger partial charge >= 0.3 is 0 Å². The second kappa shape index (κ2) is 13.8. The molecule has 2 nitrogen and oxygen atoms in total. The van der Waals surface area contributed by atoms with Gasteiger partial charge in [-0.1, -0.05) is 57.0 Å². The SMILES string of the molecule is CCCCCCCCC(CCCF)C(Cl)(OCC)OCC. The molecule has 0 aromatic rings. The number of hydrogen-bond acceptors (Lipinski definition) is 2. The maximum absolute atomic E-state index is 12.5. The number of ether oxygens (including phenoxy) is 2. The Morgan fingerprint density at radius 1 is 0.857 bits per heavy atom. The molecule has 21 heavy (non-hydrogen) atoms. The van der Waals surface area contributed by atoms with E-state index in [1.54, 1.807) is 0 Å². The second-order valence-corrected chi connectivity index (χ2v) is 6.06. The minimum Gasteiger partial charge on any atom is -0.337 e. The molecule has 0 spiro atoms. The summed E-state index contributed by atoms with van der Waals surface area (Å²) >= 11 is 6.54. The van der Waals surface area contributed by atoms with Crippen molar-refractivity contribution in [2.75, 3.05) is 19.9 Å². The molecule has 0 rings (SSSR count). The summed E-state index contributed by atoms with van der Waals surface area (Å²) in [5.41, 5.74) is 0. The molecule has 0 radical (unpaired) electrons. The van der Waals surface area contributed by atoms with Gasteiger partial charge in [-0.2, -0.15) is 0 Å². The molecule has 4 heteroatoms. The maximum atomic E-state index is 12.5. The van der Waals surface area contributed by atoms with Crippen LogP contribution in [0.2, 0.25) is 0 Å². The molecule has 1 atom stereocenters. The normalized spacial score (nSPS) is 13.6. The Bertz CT molecular complexity index is 221. The van der Waals surface area contributed by atoms with Crippen molar-refractivity contribution in [3.05, 3.63) is 0 Å². The van der Waals surface area contributed by atoms with Crippen molar-refractivity contribution in [2.24, 2.45) is 5.92 Å². The van der Waals surface area contributed by atoms with Crippen molar-refractivity contribution >= 4 is 11.6 Å². The van der Waals surface area contributed by atoms with Gasteiger partial charge in [-0.25, -0.2) is 0 Å². The third-order valence-corrected chi connectivity index (χ3v) is 4.29. The summed E-state index contributed by atoms with van der Waals surface area (Å²) in [6.07, 6.45) is 9.63. The third-order valence-electron chi connectivity index (χ3n) is 3.76. The summed E-state index contributed by atoms with van der Waals surface area (Å²) in [4.78, 5) is 0. The number of alkyl halides is 2. The lowest BCUT2D eigenvalue weighted by atomic mass is 9.94. The molecule has 0 aliphatic heterocycles. The predicted octanol–water partition coefficient (Wildman–Crippen LogP) is 6.07. The predicted molar refractivity (Wildman–Crippen MR) is 88.5 cm³/mol. The largest absolute Gasteiger partial charge is 0.337 e. The van der Waals surface area contributed by atoms with Gasteiger partial charge < -0.3 is 9.47 Å². The van der Waals surface area contributed by atoms with Crippen molar-refractivity contribution in [1.29, 1.82) is 0 Å². The Morgan fingerprint density at radius 3 is 1.90 bits per heavy atom.